The zero-order valence-electron chi connectivity index (χ0n) is 20.9. The number of ether oxygens (including phenoxy) is 2. The summed E-state index contributed by atoms with van der Waals surface area (Å²) in [4.78, 5) is 0. The molecule has 0 atom stereocenters. The molecule has 33 heavy (non-hydrogen) atoms. The van der Waals surface area contributed by atoms with Crippen LogP contribution >= 0.6 is 0 Å². The molecule has 0 aromatic heterocycles. The molecule has 0 amide bonds. The van der Waals surface area contributed by atoms with Crippen LogP contribution < -0.4 is 9.47 Å². The Labute approximate surface area is 200 Å². The van der Waals surface area contributed by atoms with E-state index >= 15 is 0 Å². The van der Waals surface area contributed by atoms with Gasteiger partial charge >= 0.3 is 0 Å². The van der Waals surface area contributed by atoms with Gasteiger partial charge < -0.3 is 19.7 Å². The van der Waals surface area contributed by atoms with Gasteiger partial charge in [-0.25, -0.2) is 0 Å². The molecule has 0 spiro atoms. The van der Waals surface area contributed by atoms with Crippen molar-refractivity contribution < 1.29 is 19.7 Å². The fourth-order valence-electron chi connectivity index (χ4n) is 5.24. The molecule has 2 aromatic rings. The van der Waals surface area contributed by atoms with Crippen LogP contribution in [0.15, 0.2) is 36.4 Å². The zero-order chi connectivity index (χ0) is 23.8. The molecule has 0 heterocycles. The van der Waals surface area contributed by atoms with Crippen molar-refractivity contribution in [2.45, 2.75) is 83.5 Å². The second-order valence-corrected chi connectivity index (χ2v) is 9.96. The maximum absolute atomic E-state index is 9.23. The molecular weight excluding hydrogens is 412 g/mol. The lowest BCUT2D eigenvalue weighted by Crippen LogP contribution is -2.28. The lowest BCUT2D eigenvalue weighted by atomic mass is 9.68. The average Bonchev–Trinajstić information content (AvgIpc) is 3.08. The quantitative estimate of drug-likeness (QED) is 0.413. The summed E-state index contributed by atoms with van der Waals surface area (Å²) in [5.41, 5.74) is 5.11. The van der Waals surface area contributed by atoms with Crippen LogP contribution in [-0.2, 0) is 5.41 Å². The van der Waals surface area contributed by atoms with Gasteiger partial charge in [0.2, 0.25) is 0 Å². The molecule has 1 saturated carbocycles. The third-order valence-electron chi connectivity index (χ3n) is 7.02. The lowest BCUT2D eigenvalue weighted by molar-refractivity contribution is 0.200. The predicted molar refractivity (Wildman–Crippen MR) is 135 cm³/mol. The predicted octanol–water partition coefficient (Wildman–Crippen LogP) is 6.32. The van der Waals surface area contributed by atoms with Gasteiger partial charge in [0.15, 0.2) is 0 Å². The SMILES string of the molecule is CC(C)c1cc(C2(c3ccc(OCCO)c(C(C)C)c3)CCCCCC2)ccc1OCCO. The third kappa shape index (κ3) is 5.91. The number of aliphatic hydroxyl groups excluding tert-OH is 2. The maximum atomic E-state index is 9.23. The molecule has 0 radical (unpaired) electrons. The van der Waals surface area contributed by atoms with E-state index in [1.165, 1.54) is 47.9 Å². The van der Waals surface area contributed by atoms with Crippen molar-refractivity contribution in [1.82, 2.24) is 0 Å². The highest BCUT2D eigenvalue weighted by atomic mass is 16.5. The first kappa shape index (κ1) is 25.6. The van der Waals surface area contributed by atoms with Crippen LogP contribution in [0.5, 0.6) is 11.5 Å². The Morgan fingerprint density at radius 2 is 1.12 bits per heavy atom. The Morgan fingerprint density at radius 3 is 1.48 bits per heavy atom. The molecule has 4 nitrogen and oxygen atoms in total. The minimum absolute atomic E-state index is 0.0197. The first-order valence-corrected chi connectivity index (χ1v) is 12.7. The highest BCUT2D eigenvalue weighted by molar-refractivity contribution is 5.50. The second-order valence-electron chi connectivity index (χ2n) is 9.96. The molecule has 182 valence electrons. The minimum Gasteiger partial charge on any atom is -0.491 e. The van der Waals surface area contributed by atoms with Crippen LogP contribution in [0.4, 0.5) is 0 Å². The van der Waals surface area contributed by atoms with E-state index < -0.39 is 0 Å². The topological polar surface area (TPSA) is 58.9 Å². The van der Waals surface area contributed by atoms with Gasteiger partial charge in [-0.05, 0) is 59.1 Å². The summed E-state index contributed by atoms with van der Waals surface area (Å²) >= 11 is 0. The van der Waals surface area contributed by atoms with E-state index in [2.05, 4.69) is 64.1 Å². The van der Waals surface area contributed by atoms with Gasteiger partial charge in [0, 0.05) is 5.41 Å². The van der Waals surface area contributed by atoms with E-state index in [1.807, 2.05) is 0 Å². The molecule has 0 saturated heterocycles. The van der Waals surface area contributed by atoms with Crippen LogP contribution in [0, 0.1) is 0 Å². The number of aliphatic hydroxyl groups is 2. The number of hydrogen-bond acceptors (Lipinski definition) is 4. The van der Waals surface area contributed by atoms with Gasteiger partial charge in [-0.2, -0.15) is 0 Å². The number of hydrogen-bond donors (Lipinski definition) is 2. The molecule has 2 N–H and O–H groups in total. The summed E-state index contributed by atoms with van der Waals surface area (Å²) < 4.78 is 11.7. The molecule has 0 bridgehead atoms. The van der Waals surface area contributed by atoms with Gasteiger partial charge in [0.25, 0.3) is 0 Å². The van der Waals surface area contributed by atoms with Crippen molar-refractivity contribution in [3.63, 3.8) is 0 Å². The van der Waals surface area contributed by atoms with E-state index in [0.717, 1.165) is 24.3 Å². The first-order valence-electron chi connectivity index (χ1n) is 12.7. The fraction of sp³-hybridized carbons (Fsp3) is 0.586. The Bertz CT molecular complexity index is 814. The van der Waals surface area contributed by atoms with E-state index in [0.29, 0.717) is 25.0 Å². The normalized spacial score (nSPS) is 16.1. The summed E-state index contributed by atoms with van der Waals surface area (Å²) in [7, 11) is 0. The van der Waals surface area contributed by atoms with E-state index in [1.54, 1.807) is 0 Å². The number of rotatable bonds is 10. The molecule has 0 unspecified atom stereocenters. The van der Waals surface area contributed by atoms with E-state index in [-0.39, 0.29) is 18.6 Å². The fourth-order valence-corrected chi connectivity index (χ4v) is 5.24. The summed E-state index contributed by atoms with van der Waals surface area (Å²) in [6.45, 7) is 9.49. The molecule has 1 aliphatic rings. The maximum Gasteiger partial charge on any atom is 0.122 e. The lowest BCUT2D eigenvalue weighted by Gasteiger charge is -2.36. The Morgan fingerprint density at radius 1 is 0.697 bits per heavy atom. The monoisotopic (exact) mass is 454 g/mol. The summed E-state index contributed by atoms with van der Waals surface area (Å²) in [6, 6.07) is 13.4. The molecule has 3 rings (SSSR count). The third-order valence-corrected chi connectivity index (χ3v) is 7.02. The van der Waals surface area contributed by atoms with Gasteiger partial charge in [0.05, 0.1) is 13.2 Å². The Hall–Kier alpha value is -2.04. The van der Waals surface area contributed by atoms with Crippen molar-refractivity contribution >= 4 is 0 Å². The summed E-state index contributed by atoms with van der Waals surface area (Å²) in [5, 5.41) is 18.5. The van der Waals surface area contributed by atoms with E-state index in [9.17, 15) is 10.2 Å². The van der Waals surface area contributed by atoms with Crippen molar-refractivity contribution in [2.24, 2.45) is 0 Å². The molecule has 0 aliphatic heterocycles. The largest absolute Gasteiger partial charge is 0.491 e. The Kier molecular flexibility index (Phi) is 9.22. The smallest absolute Gasteiger partial charge is 0.122 e. The first-order chi connectivity index (χ1) is 15.9. The molecule has 2 aromatic carbocycles. The second kappa shape index (κ2) is 11.9. The van der Waals surface area contributed by atoms with Gasteiger partial charge in [0.1, 0.15) is 24.7 Å². The molecule has 1 aliphatic carbocycles. The van der Waals surface area contributed by atoms with E-state index in [4.69, 9.17) is 9.47 Å². The van der Waals surface area contributed by atoms with Gasteiger partial charge in [-0.3, -0.25) is 0 Å². The molecule has 1 fully saturated rings. The highest BCUT2D eigenvalue weighted by Gasteiger charge is 2.36. The standard InChI is InChI=1S/C29H42O4/c1-21(2)25-19-23(9-11-27(25)32-17-15-30)29(13-7-5-6-8-14-29)24-10-12-28(33-18-16-31)26(20-24)22(3)4/h9-12,19-22,30-31H,5-8,13-18H2,1-4H3. The van der Waals surface area contributed by atoms with Gasteiger partial charge in [-0.1, -0.05) is 77.6 Å². The van der Waals surface area contributed by atoms with Crippen molar-refractivity contribution in [2.75, 3.05) is 26.4 Å². The van der Waals surface area contributed by atoms with Crippen LogP contribution in [0.2, 0.25) is 0 Å². The van der Waals surface area contributed by atoms with Crippen LogP contribution in [0.25, 0.3) is 0 Å². The van der Waals surface area contributed by atoms with Gasteiger partial charge in [-0.15, -0.1) is 0 Å². The highest BCUT2D eigenvalue weighted by Crippen LogP contribution is 2.47. The average molecular weight is 455 g/mol. The van der Waals surface area contributed by atoms with Crippen LogP contribution in [0.3, 0.4) is 0 Å². The van der Waals surface area contributed by atoms with Crippen LogP contribution in [0.1, 0.15) is 100 Å². The number of benzene rings is 2. The minimum atomic E-state index is -0.0329. The summed E-state index contributed by atoms with van der Waals surface area (Å²) in [5.74, 6) is 2.42. The van der Waals surface area contributed by atoms with Crippen LogP contribution in [-0.4, -0.2) is 36.6 Å². The van der Waals surface area contributed by atoms with Crippen molar-refractivity contribution in [1.29, 1.82) is 0 Å². The van der Waals surface area contributed by atoms with Crippen molar-refractivity contribution in [3.8, 4) is 11.5 Å². The van der Waals surface area contributed by atoms with Crippen molar-refractivity contribution in [3.05, 3.63) is 58.7 Å². The Balaban J connectivity index is 2.13. The molecule has 4 heteroatoms. The molecular formula is C29H42O4. The zero-order valence-corrected chi connectivity index (χ0v) is 20.9. The summed E-state index contributed by atoms with van der Waals surface area (Å²) in [6.07, 6.45) is 7.28.